The van der Waals surface area contributed by atoms with E-state index in [2.05, 4.69) is 42.3 Å². The number of likely N-dealkylation sites (N-methyl/N-ethyl adjacent to an activating group) is 1. The number of nitrogens with one attached hydrogen (secondary N) is 1. The van der Waals surface area contributed by atoms with Gasteiger partial charge >= 0.3 is 0 Å². The number of hydrogen-bond donors (Lipinski definition) is 2. The van der Waals surface area contributed by atoms with E-state index in [1.807, 2.05) is 19.2 Å². The Morgan fingerprint density at radius 1 is 1.15 bits per heavy atom. The summed E-state index contributed by atoms with van der Waals surface area (Å²) < 4.78 is 0. The van der Waals surface area contributed by atoms with Crippen LogP contribution in [0.3, 0.4) is 0 Å². The summed E-state index contributed by atoms with van der Waals surface area (Å²) in [5, 5.41) is 3.38. The van der Waals surface area contributed by atoms with Crippen LogP contribution in [-0.2, 0) is 12.8 Å². The van der Waals surface area contributed by atoms with Crippen molar-refractivity contribution < 1.29 is 0 Å². The summed E-state index contributed by atoms with van der Waals surface area (Å²) in [5.41, 5.74) is 11.1. The highest BCUT2D eigenvalue weighted by Gasteiger charge is 2.11. The highest BCUT2D eigenvalue weighted by Crippen LogP contribution is 2.15. The molecule has 0 fully saturated rings. The lowest BCUT2D eigenvalue weighted by Gasteiger charge is -2.17. The third-order valence-corrected chi connectivity index (χ3v) is 3.85. The van der Waals surface area contributed by atoms with Gasteiger partial charge in [0.05, 0.1) is 0 Å². The molecule has 106 valence electrons. The van der Waals surface area contributed by atoms with Crippen LogP contribution in [0.25, 0.3) is 0 Å². The number of nitrogen functional groups attached to an aromatic ring is 1. The first-order valence-electron chi connectivity index (χ1n) is 7.03. The van der Waals surface area contributed by atoms with Crippen LogP contribution in [0.5, 0.6) is 0 Å². The molecule has 1 aromatic carbocycles. The fourth-order valence-electron chi connectivity index (χ4n) is 2.38. The van der Waals surface area contributed by atoms with E-state index in [9.17, 15) is 0 Å². The quantitative estimate of drug-likeness (QED) is 0.877. The van der Waals surface area contributed by atoms with Crippen LogP contribution < -0.4 is 11.1 Å². The zero-order chi connectivity index (χ0) is 14.5. The summed E-state index contributed by atoms with van der Waals surface area (Å²) in [4.78, 5) is 4.15. The minimum absolute atomic E-state index is 0.364. The molecule has 1 unspecified atom stereocenters. The lowest BCUT2D eigenvalue weighted by atomic mass is 9.97. The Morgan fingerprint density at radius 3 is 2.60 bits per heavy atom. The van der Waals surface area contributed by atoms with E-state index in [-0.39, 0.29) is 0 Å². The highest BCUT2D eigenvalue weighted by molar-refractivity contribution is 5.39. The van der Waals surface area contributed by atoms with E-state index in [1.165, 1.54) is 16.7 Å². The fourth-order valence-corrected chi connectivity index (χ4v) is 2.38. The first-order valence-corrected chi connectivity index (χ1v) is 7.03. The van der Waals surface area contributed by atoms with E-state index >= 15 is 0 Å². The Labute approximate surface area is 121 Å². The summed E-state index contributed by atoms with van der Waals surface area (Å²) in [6.07, 6.45) is 3.62. The molecule has 0 aliphatic heterocycles. The van der Waals surface area contributed by atoms with Crippen LogP contribution in [0, 0.1) is 13.8 Å². The summed E-state index contributed by atoms with van der Waals surface area (Å²) in [6.45, 7) is 4.30. The van der Waals surface area contributed by atoms with Crippen molar-refractivity contribution in [3.8, 4) is 0 Å². The first kappa shape index (κ1) is 14.5. The van der Waals surface area contributed by atoms with Crippen molar-refractivity contribution in [1.82, 2.24) is 10.3 Å². The second-order valence-electron chi connectivity index (χ2n) is 5.36. The molecular weight excluding hydrogens is 246 g/mol. The van der Waals surface area contributed by atoms with E-state index in [1.54, 1.807) is 6.20 Å². The maximum atomic E-state index is 5.92. The molecule has 1 atom stereocenters. The molecule has 3 nitrogen and oxygen atoms in total. The number of rotatable bonds is 5. The Balaban J connectivity index is 2.09. The maximum Gasteiger partial charge on any atom is 0.126 e. The average Bonchev–Trinajstić information content (AvgIpc) is 2.44. The fraction of sp³-hybridized carbons (Fsp3) is 0.353. The van der Waals surface area contributed by atoms with Crippen LogP contribution in [-0.4, -0.2) is 18.1 Å². The molecule has 0 saturated heterocycles. The molecule has 2 aromatic rings. The van der Waals surface area contributed by atoms with E-state index in [0.29, 0.717) is 11.9 Å². The predicted octanol–water partition coefficient (Wildman–Crippen LogP) is 2.65. The van der Waals surface area contributed by atoms with Gasteiger partial charge in [0.1, 0.15) is 5.82 Å². The highest BCUT2D eigenvalue weighted by atomic mass is 14.9. The molecule has 3 heteroatoms. The second-order valence-corrected chi connectivity index (χ2v) is 5.36. The Kier molecular flexibility index (Phi) is 4.74. The van der Waals surface area contributed by atoms with Gasteiger partial charge in [-0.25, -0.2) is 4.98 Å². The molecular formula is C17H23N3. The lowest BCUT2D eigenvalue weighted by molar-refractivity contribution is 0.556. The first-order chi connectivity index (χ1) is 9.60. The van der Waals surface area contributed by atoms with Crippen molar-refractivity contribution in [2.24, 2.45) is 0 Å². The van der Waals surface area contributed by atoms with Crippen LogP contribution >= 0.6 is 0 Å². The molecule has 0 radical (unpaired) electrons. The summed E-state index contributed by atoms with van der Waals surface area (Å²) >= 11 is 0. The average molecular weight is 269 g/mol. The Hall–Kier alpha value is -1.87. The molecule has 0 saturated carbocycles. The van der Waals surface area contributed by atoms with Crippen LogP contribution in [0.1, 0.15) is 22.3 Å². The second kappa shape index (κ2) is 6.53. The van der Waals surface area contributed by atoms with Crippen molar-refractivity contribution in [1.29, 1.82) is 0 Å². The standard InChI is InChI=1S/C17H23N3/c1-12-6-7-14(9-13(12)2)10-16(19-3)11-15-5-4-8-20-17(15)18/h4-9,16,19H,10-11H2,1-3H3,(H2,18,20). The van der Waals surface area contributed by atoms with Gasteiger partial charge in [-0.3, -0.25) is 0 Å². The number of hydrogen-bond acceptors (Lipinski definition) is 3. The van der Waals surface area contributed by atoms with Gasteiger partial charge in [-0.1, -0.05) is 24.3 Å². The minimum atomic E-state index is 0.364. The SMILES string of the molecule is CNC(Cc1ccc(C)c(C)c1)Cc1cccnc1N. The molecule has 2 rings (SSSR count). The van der Waals surface area contributed by atoms with Crippen LogP contribution in [0.4, 0.5) is 5.82 Å². The minimum Gasteiger partial charge on any atom is -0.383 e. The van der Waals surface area contributed by atoms with Gasteiger partial charge in [-0.05, 0) is 62.1 Å². The molecule has 0 spiro atoms. The number of anilines is 1. The molecule has 3 N–H and O–H groups in total. The molecule has 0 aliphatic rings. The molecule has 1 heterocycles. The zero-order valence-corrected chi connectivity index (χ0v) is 12.5. The van der Waals surface area contributed by atoms with Gasteiger partial charge in [0, 0.05) is 12.2 Å². The van der Waals surface area contributed by atoms with Crippen LogP contribution in [0.15, 0.2) is 36.5 Å². The third kappa shape index (κ3) is 3.58. The van der Waals surface area contributed by atoms with Gasteiger partial charge in [0.25, 0.3) is 0 Å². The van der Waals surface area contributed by atoms with Crippen molar-refractivity contribution >= 4 is 5.82 Å². The normalized spacial score (nSPS) is 12.3. The van der Waals surface area contributed by atoms with Gasteiger partial charge < -0.3 is 11.1 Å². The van der Waals surface area contributed by atoms with E-state index in [4.69, 9.17) is 5.73 Å². The van der Waals surface area contributed by atoms with Crippen LogP contribution in [0.2, 0.25) is 0 Å². The van der Waals surface area contributed by atoms with Gasteiger partial charge in [0.2, 0.25) is 0 Å². The van der Waals surface area contributed by atoms with E-state index in [0.717, 1.165) is 18.4 Å². The zero-order valence-electron chi connectivity index (χ0n) is 12.5. The Bertz CT molecular complexity index is 578. The van der Waals surface area contributed by atoms with Gasteiger partial charge in [-0.15, -0.1) is 0 Å². The summed E-state index contributed by atoms with van der Waals surface area (Å²) in [7, 11) is 2.00. The predicted molar refractivity (Wildman–Crippen MR) is 84.8 cm³/mol. The third-order valence-electron chi connectivity index (χ3n) is 3.85. The summed E-state index contributed by atoms with van der Waals surface area (Å²) in [5.74, 6) is 0.632. The number of nitrogens with zero attached hydrogens (tertiary/aromatic N) is 1. The topological polar surface area (TPSA) is 50.9 Å². The Morgan fingerprint density at radius 2 is 1.95 bits per heavy atom. The lowest BCUT2D eigenvalue weighted by Crippen LogP contribution is -2.30. The van der Waals surface area contributed by atoms with Crippen molar-refractivity contribution in [2.45, 2.75) is 32.7 Å². The molecule has 20 heavy (non-hydrogen) atoms. The number of aryl methyl sites for hydroxylation is 2. The van der Waals surface area contributed by atoms with Crippen molar-refractivity contribution in [2.75, 3.05) is 12.8 Å². The molecule has 0 aliphatic carbocycles. The van der Waals surface area contributed by atoms with E-state index < -0.39 is 0 Å². The number of benzene rings is 1. The van der Waals surface area contributed by atoms with Crippen molar-refractivity contribution in [3.63, 3.8) is 0 Å². The van der Waals surface area contributed by atoms with Gasteiger partial charge in [-0.2, -0.15) is 0 Å². The molecule has 1 aromatic heterocycles. The van der Waals surface area contributed by atoms with Gasteiger partial charge in [0.15, 0.2) is 0 Å². The smallest absolute Gasteiger partial charge is 0.126 e. The number of pyridine rings is 1. The number of nitrogens with two attached hydrogens (primary N) is 1. The monoisotopic (exact) mass is 269 g/mol. The molecule has 0 amide bonds. The van der Waals surface area contributed by atoms with Crippen molar-refractivity contribution in [3.05, 3.63) is 58.8 Å². The largest absolute Gasteiger partial charge is 0.383 e. The maximum absolute atomic E-state index is 5.92. The summed E-state index contributed by atoms with van der Waals surface area (Å²) in [6, 6.07) is 11.0. The molecule has 0 bridgehead atoms. The number of aromatic nitrogens is 1.